The third-order valence-corrected chi connectivity index (χ3v) is 5.27. The van der Waals surface area contributed by atoms with E-state index >= 15 is 0 Å². The molecule has 8 heteroatoms. The smallest absolute Gasteiger partial charge is 0.319 e. The van der Waals surface area contributed by atoms with Gasteiger partial charge in [-0.25, -0.2) is 14.8 Å². The molecular formula is C23H26N6O2. The first-order valence-corrected chi connectivity index (χ1v) is 10.3. The molecule has 160 valence electrons. The molecule has 1 heterocycles. The van der Waals surface area contributed by atoms with Crippen LogP contribution in [0, 0.1) is 0 Å². The molecule has 5 N–H and O–H groups in total. The van der Waals surface area contributed by atoms with Gasteiger partial charge in [0.15, 0.2) is 0 Å². The van der Waals surface area contributed by atoms with E-state index in [-0.39, 0.29) is 12.1 Å². The highest BCUT2D eigenvalue weighted by Gasteiger charge is 2.16. The number of anilines is 4. The summed E-state index contributed by atoms with van der Waals surface area (Å²) < 4.78 is 5.20. The zero-order chi connectivity index (χ0) is 21.6. The number of nitrogens with zero attached hydrogens (tertiary/aromatic N) is 2. The molecule has 0 unspecified atom stereocenters. The zero-order valence-electron chi connectivity index (χ0n) is 17.4. The summed E-state index contributed by atoms with van der Waals surface area (Å²) in [6.07, 6.45) is 6.16. The van der Waals surface area contributed by atoms with E-state index in [4.69, 9.17) is 10.5 Å². The van der Waals surface area contributed by atoms with Crippen LogP contribution in [0.4, 0.5) is 27.8 Å². The molecule has 1 aromatic heterocycles. The third kappa shape index (κ3) is 5.22. The fourth-order valence-electron chi connectivity index (χ4n) is 3.66. The standard InChI is InChI=1S/C23H26N6O2/c1-31-21-11-6-15(14-19(21)24)20-12-13-25-22(29-20)26-17-7-9-18(10-8-17)28-23(30)27-16-4-2-3-5-16/h6-14,16H,2-5,24H2,1H3,(H,25,26,29)(H2,27,28,30). The molecular weight excluding hydrogens is 392 g/mol. The van der Waals surface area contributed by atoms with Crippen LogP contribution in [0.1, 0.15) is 25.7 Å². The van der Waals surface area contributed by atoms with Gasteiger partial charge in [0.1, 0.15) is 5.75 Å². The molecule has 0 radical (unpaired) electrons. The monoisotopic (exact) mass is 418 g/mol. The highest BCUT2D eigenvalue weighted by molar-refractivity contribution is 5.89. The van der Waals surface area contributed by atoms with Crippen molar-refractivity contribution in [2.75, 3.05) is 23.5 Å². The maximum Gasteiger partial charge on any atom is 0.319 e. The lowest BCUT2D eigenvalue weighted by Crippen LogP contribution is -2.36. The van der Waals surface area contributed by atoms with Crippen molar-refractivity contribution in [1.29, 1.82) is 0 Å². The topological polar surface area (TPSA) is 114 Å². The van der Waals surface area contributed by atoms with E-state index < -0.39 is 0 Å². The summed E-state index contributed by atoms with van der Waals surface area (Å²) in [5.41, 5.74) is 9.71. The maximum absolute atomic E-state index is 12.1. The summed E-state index contributed by atoms with van der Waals surface area (Å²) in [4.78, 5) is 21.0. The van der Waals surface area contributed by atoms with Gasteiger partial charge in [-0.05, 0) is 61.4 Å². The molecule has 0 atom stereocenters. The lowest BCUT2D eigenvalue weighted by atomic mass is 10.1. The third-order valence-electron chi connectivity index (χ3n) is 5.27. The van der Waals surface area contributed by atoms with Crippen molar-refractivity contribution in [3.05, 3.63) is 54.7 Å². The summed E-state index contributed by atoms with van der Waals surface area (Å²) in [6, 6.07) is 14.9. The number of carbonyl (C=O) groups is 1. The van der Waals surface area contributed by atoms with Gasteiger partial charge in [-0.15, -0.1) is 0 Å². The first-order chi connectivity index (χ1) is 15.1. The first kappa shape index (κ1) is 20.5. The first-order valence-electron chi connectivity index (χ1n) is 10.3. The quantitative estimate of drug-likeness (QED) is 0.437. The number of nitrogens with one attached hydrogen (secondary N) is 3. The number of benzene rings is 2. The Bertz CT molecular complexity index is 1050. The average Bonchev–Trinajstić information content (AvgIpc) is 3.28. The predicted octanol–water partition coefficient (Wildman–Crippen LogP) is 4.54. The Labute approximate surface area is 181 Å². The normalized spacial score (nSPS) is 13.6. The minimum atomic E-state index is -0.164. The van der Waals surface area contributed by atoms with Crippen LogP contribution in [0.3, 0.4) is 0 Å². The molecule has 1 saturated carbocycles. The number of hydrogen-bond donors (Lipinski definition) is 4. The van der Waals surface area contributed by atoms with E-state index in [2.05, 4.69) is 25.9 Å². The number of aromatic nitrogens is 2. The van der Waals surface area contributed by atoms with Crippen molar-refractivity contribution < 1.29 is 9.53 Å². The van der Waals surface area contributed by atoms with Crippen LogP contribution in [0.5, 0.6) is 5.75 Å². The minimum Gasteiger partial charge on any atom is -0.495 e. The van der Waals surface area contributed by atoms with Crippen LogP contribution in [0.25, 0.3) is 11.3 Å². The van der Waals surface area contributed by atoms with Crippen LogP contribution < -0.4 is 26.4 Å². The second-order valence-electron chi connectivity index (χ2n) is 7.50. The van der Waals surface area contributed by atoms with Crippen molar-refractivity contribution in [3.8, 4) is 17.0 Å². The van der Waals surface area contributed by atoms with Gasteiger partial charge in [-0.2, -0.15) is 0 Å². The van der Waals surface area contributed by atoms with Crippen molar-refractivity contribution in [1.82, 2.24) is 15.3 Å². The number of rotatable bonds is 6. The van der Waals surface area contributed by atoms with Crippen LogP contribution in [0.2, 0.25) is 0 Å². The summed E-state index contributed by atoms with van der Waals surface area (Å²) in [6.45, 7) is 0. The summed E-state index contributed by atoms with van der Waals surface area (Å²) in [5.74, 6) is 1.09. The fraction of sp³-hybridized carbons (Fsp3) is 0.261. The lowest BCUT2D eigenvalue weighted by molar-refractivity contribution is 0.248. The summed E-state index contributed by atoms with van der Waals surface area (Å²) in [7, 11) is 1.58. The number of carbonyl (C=O) groups excluding carboxylic acids is 1. The summed E-state index contributed by atoms with van der Waals surface area (Å²) >= 11 is 0. The minimum absolute atomic E-state index is 0.164. The van der Waals surface area contributed by atoms with E-state index in [0.717, 1.165) is 35.5 Å². The molecule has 8 nitrogen and oxygen atoms in total. The van der Waals surface area contributed by atoms with Gasteiger partial charge < -0.3 is 26.4 Å². The highest BCUT2D eigenvalue weighted by atomic mass is 16.5. The highest BCUT2D eigenvalue weighted by Crippen LogP contribution is 2.28. The van der Waals surface area contributed by atoms with Gasteiger partial charge in [0.05, 0.1) is 18.5 Å². The maximum atomic E-state index is 12.1. The average molecular weight is 419 g/mol. The molecule has 3 aromatic rings. The van der Waals surface area contributed by atoms with Gasteiger partial charge >= 0.3 is 6.03 Å². The van der Waals surface area contributed by atoms with Crippen molar-refractivity contribution in [3.63, 3.8) is 0 Å². The molecule has 0 saturated heterocycles. The Balaban J connectivity index is 1.39. The molecule has 0 spiro atoms. The molecule has 1 aliphatic carbocycles. The predicted molar refractivity (Wildman–Crippen MR) is 123 cm³/mol. The molecule has 2 aromatic carbocycles. The number of nitrogen functional groups attached to an aromatic ring is 1. The molecule has 0 bridgehead atoms. The molecule has 0 aliphatic heterocycles. The van der Waals surface area contributed by atoms with Crippen LogP contribution >= 0.6 is 0 Å². The number of amides is 2. The van der Waals surface area contributed by atoms with Crippen molar-refractivity contribution in [2.24, 2.45) is 0 Å². The number of nitrogens with two attached hydrogens (primary N) is 1. The fourth-order valence-corrected chi connectivity index (χ4v) is 3.66. The van der Waals surface area contributed by atoms with Gasteiger partial charge in [0.2, 0.25) is 5.95 Å². The molecule has 31 heavy (non-hydrogen) atoms. The zero-order valence-corrected chi connectivity index (χ0v) is 17.4. The van der Waals surface area contributed by atoms with Crippen LogP contribution in [-0.2, 0) is 0 Å². The number of ether oxygens (including phenoxy) is 1. The SMILES string of the molecule is COc1ccc(-c2ccnc(Nc3ccc(NC(=O)NC4CCCC4)cc3)n2)cc1N. The Morgan fingerprint density at radius 2 is 1.81 bits per heavy atom. The molecule has 2 amide bonds. The Morgan fingerprint density at radius 3 is 2.52 bits per heavy atom. The molecule has 4 rings (SSSR count). The van der Waals surface area contributed by atoms with E-state index in [9.17, 15) is 4.79 Å². The Morgan fingerprint density at radius 1 is 1.06 bits per heavy atom. The number of urea groups is 1. The van der Waals surface area contributed by atoms with Crippen molar-refractivity contribution in [2.45, 2.75) is 31.7 Å². The largest absolute Gasteiger partial charge is 0.495 e. The molecule has 1 fully saturated rings. The van der Waals surface area contributed by atoms with E-state index in [1.807, 2.05) is 48.5 Å². The van der Waals surface area contributed by atoms with Gasteiger partial charge in [-0.3, -0.25) is 0 Å². The van der Waals surface area contributed by atoms with Crippen LogP contribution in [-0.4, -0.2) is 29.2 Å². The van der Waals surface area contributed by atoms with Gasteiger partial charge in [0, 0.05) is 29.2 Å². The second kappa shape index (κ2) is 9.34. The summed E-state index contributed by atoms with van der Waals surface area (Å²) in [5, 5.41) is 9.07. The van der Waals surface area contributed by atoms with Crippen LogP contribution in [0.15, 0.2) is 54.7 Å². The number of hydrogen-bond acceptors (Lipinski definition) is 6. The van der Waals surface area contributed by atoms with Gasteiger partial charge in [0.25, 0.3) is 0 Å². The van der Waals surface area contributed by atoms with Crippen molar-refractivity contribution >= 4 is 29.0 Å². The second-order valence-corrected chi connectivity index (χ2v) is 7.50. The van der Waals surface area contributed by atoms with Gasteiger partial charge in [-0.1, -0.05) is 12.8 Å². The van der Waals surface area contributed by atoms with E-state index in [1.165, 1.54) is 12.8 Å². The number of methoxy groups -OCH3 is 1. The van der Waals surface area contributed by atoms with E-state index in [1.54, 1.807) is 13.3 Å². The molecule has 1 aliphatic rings. The Kier molecular flexibility index (Phi) is 6.16. The van der Waals surface area contributed by atoms with E-state index in [0.29, 0.717) is 17.4 Å². The Hall–Kier alpha value is -3.81. The lowest BCUT2D eigenvalue weighted by Gasteiger charge is -2.13.